The lowest BCUT2D eigenvalue weighted by Crippen LogP contribution is -2.56. The molecule has 3 heterocycles. The Kier molecular flexibility index (Phi) is 5.44. The number of hydrogen-bond acceptors (Lipinski definition) is 5. The molecule has 3 aliphatic rings. The van der Waals surface area contributed by atoms with Crippen molar-refractivity contribution in [2.24, 2.45) is 5.73 Å². The van der Waals surface area contributed by atoms with Gasteiger partial charge in [0.05, 0.1) is 0 Å². The highest BCUT2D eigenvalue weighted by atomic mass is 16.2. The highest BCUT2D eigenvalue weighted by Crippen LogP contribution is 2.37. The quantitative estimate of drug-likeness (QED) is 0.732. The van der Waals surface area contributed by atoms with Gasteiger partial charge in [0, 0.05) is 45.5 Å². The summed E-state index contributed by atoms with van der Waals surface area (Å²) in [6, 6.07) is 6.33. The van der Waals surface area contributed by atoms with E-state index in [1.54, 1.807) is 4.90 Å². The summed E-state index contributed by atoms with van der Waals surface area (Å²) in [7, 11) is 2.14. The first-order valence-electron chi connectivity index (χ1n) is 10.8. The first kappa shape index (κ1) is 20.7. The molecule has 162 valence electrons. The minimum atomic E-state index is -0.837. The summed E-state index contributed by atoms with van der Waals surface area (Å²) < 4.78 is 0. The van der Waals surface area contributed by atoms with Crippen molar-refractivity contribution in [2.45, 2.75) is 44.7 Å². The van der Waals surface area contributed by atoms with Gasteiger partial charge in [-0.3, -0.25) is 19.4 Å². The fraction of sp³-hybridized carbons (Fsp3) is 0.591. The number of anilines is 1. The minimum absolute atomic E-state index is 0.274. The normalized spacial score (nSPS) is 21.5. The van der Waals surface area contributed by atoms with Crippen molar-refractivity contribution in [3.63, 3.8) is 0 Å². The summed E-state index contributed by atoms with van der Waals surface area (Å²) in [5.74, 6) is -0.940. The van der Waals surface area contributed by atoms with Crippen LogP contribution >= 0.6 is 0 Å². The Morgan fingerprint density at radius 1 is 1.17 bits per heavy atom. The average Bonchev–Trinajstić information content (AvgIpc) is 2.90. The number of carbonyl (C=O) groups excluding carboxylic acids is 3. The summed E-state index contributed by atoms with van der Waals surface area (Å²) >= 11 is 0. The molecule has 1 spiro atoms. The molecule has 2 saturated heterocycles. The maximum absolute atomic E-state index is 13.1. The maximum Gasteiger partial charge on any atom is 0.328 e. The number of aryl methyl sites for hydroxylation is 1. The van der Waals surface area contributed by atoms with E-state index in [0.29, 0.717) is 19.4 Å². The smallest absolute Gasteiger partial charge is 0.328 e. The largest absolute Gasteiger partial charge is 0.374 e. The number of likely N-dealkylation sites (N-methyl/N-ethyl adjacent to an activating group) is 1. The molecule has 0 saturated carbocycles. The van der Waals surface area contributed by atoms with E-state index in [-0.39, 0.29) is 12.5 Å². The number of hydrogen-bond donors (Lipinski definition) is 1. The van der Waals surface area contributed by atoms with Crippen LogP contribution in [0.1, 0.15) is 37.3 Å². The van der Waals surface area contributed by atoms with Crippen molar-refractivity contribution in [2.75, 3.05) is 44.7 Å². The van der Waals surface area contributed by atoms with Crippen LogP contribution in [-0.2, 0) is 22.6 Å². The number of carbonyl (C=O) groups is 3. The number of urea groups is 1. The lowest BCUT2D eigenvalue weighted by Gasteiger charge is -2.42. The summed E-state index contributed by atoms with van der Waals surface area (Å²) in [5.41, 5.74) is 8.44. The molecule has 2 fully saturated rings. The van der Waals surface area contributed by atoms with Crippen LogP contribution in [0, 0.1) is 0 Å². The summed E-state index contributed by atoms with van der Waals surface area (Å²) in [6.45, 7) is 5.38. The number of fused-ring (bicyclic) bond motifs is 1. The van der Waals surface area contributed by atoms with E-state index in [4.69, 9.17) is 5.73 Å². The van der Waals surface area contributed by atoms with E-state index in [1.165, 1.54) is 23.2 Å². The van der Waals surface area contributed by atoms with Crippen molar-refractivity contribution in [3.8, 4) is 0 Å². The SMILES string of the molecule is CCN1C(=O)N(CC(N)=O)C(=O)C12CCN(Cc1ccc3c(c1)CCCN3C)CC2. The van der Waals surface area contributed by atoms with Gasteiger partial charge in [-0.2, -0.15) is 0 Å². The molecule has 0 unspecified atom stereocenters. The molecule has 30 heavy (non-hydrogen) atoms. The Morgan fingerprint density at radius 2 is 1.90 bits per heavy atom. The van der Waals surface area contributed by atoms with Crippen LogP contribution in [0.3, 0.4) is 0 Å². The molecule has 3 aliphatic heterocycles. The predicted molar refractivity (Wildman–Crippen MR) is 114 cm³/mol. The molecular formula is C22H31N5O3. The van der Waals surface area contributed by atoms with Crippen molar-refractivity contribution < 1.29 is 14.4 Å². The third-order valence-corrected chi connectivity index (χ3v) is 6.84. The second-order valence-electron chi connectivity index (χ2n) is 8.68. The van der Waals surface area contributed by atoms with Gasteiger partial charge in [0.2, 0.25) is 5.91 Å². The van der Waals surface area contributed by atoms with Crippen LogP contribution in [0.4, 0.5) is 10.5 Å². The topological polar surface area (TPSA) is 90.2 Å². The van der Waals surface area contributed by atoms with Crippen LogP contribution < -0.4 is 10.6 Å². The van der Waals surface area contributed by atoms with Crippen molar-refractivity contribution in [1.82, 2.24) is 14.7 Å². The standard InChI is InChI=1S/C22H31N5O3/c1-3-27-21(30)26(15-19(23)28)20(29)22(27)8-11-25(12-9-22)14-16-6-7-18-17(13-16)5-4-10-24(18)2/h6-7,13H,3-5,8-12,14-15H2,1-2H3,(H2,23,28). The van der Waals surface area contributed by atoms with Gasteiger partial charge in [0.1, 0.15) is 12.1 Å². The third-order valence-electron chi connectivity index (χ3n) is 6.84. The fourth-order valence-electron chi connectivity index (χ4n) is 5.28. The molecule has 2 N–H and O–H groups in total. The number of nitrogens with zero attached hydrogens (tertiary/aromatic N) is 4. The number of benzene rings is 1. The maximum atomic E-state index is 13.1. The summed E-state index contributed by atoms with van der Waals surface area (Å²) in [4.78, 5) is 44.4. The van der Waals surface area contributed by atoms with Crippen LogP contribution in [0.5, 0.6) is 0 Å². The van der Waals surface area contributed by atoms with Gasteiger partial charge >= 0.3 is 6.03 Å². The Morgan fingerprint density at radius 3 is 2.57 bits per heavy atom. The van der Waals surface area contributed by atoms with Gasteiger partial charge in [0.15, 0.2) is 0 Å². The summed E-state index contributed by atoms with van der Waals surface area (Å²) in [5, 5.41) is 0. The van der Waals surface area contributed by atoms with E-state index in [1.807, 2.05) is 6.92 Å². The van der Waals surface area contributed by atoms with E-state index in [9.17, 15) is 14.4 Å². The molecule has 0 radical (unpaired) electrons. The Labute approximate surface area is 177 Å². The summed E-state index contributed by atoms with van der Waals surface area (Å²) in [6.07, 6.45) is 3.46. The van der Waals surface area contributed by atoms with Gasteiger partial charge in [-0.05, 0) is 49.8 Å². The third kappa shape index (κ3) is 3.43. The molecule has 8 heteroatoms. The van der Waals surface area contributed by atoms with Crippen molar-refractivity contribution >= 4 is 23.5 Å². The number of imide groups is 1. The lowest BCUT2D eigenvalue weighted by atomic mass is 9.85. The number of rotatable bonds is 5. The van der Waals surface area contributed by atoms with Crippen LogP contribution in [0.2, 0.25) is 0 Å². The van der Waals surface area contributed by atoms with Crippen molar-refractivity contribution in [1.29, 1.82) is 0 Å². The highest BCUT2D eigenvalue weighted by Gasteiger charge is 2.57. The molecular weight excluding hydrogens is 382 g/mol. The highest BCUT2D eigenvalue weighted by molar-refractivity contribution is 6.09. The molecule has 0 bridgehead atoms. The average molecular weight is 414 g/mol. The van der Waals surface area contributed by atoms with Crippen LogP contribution in [-0.4, -0.2) is 77.9 Å². The van der Waals surface area contributed by atoms with E-state index in [0.717, 1.165) is 37.5 Å². The minimum Gasteiger partial charge on any atom is -0.374 e. The van der Waals surface area contributed by atoms with Gasteiger partial charge in [-0.1, -0.05) is 12.1 Å². The number of nitrogens with two attached hydrogens (primary N) is 1. The zero-order valence-electron chi connectivity index (χ0n) is 17.9. The Balaban J connectivity index is 1.45. The van der Waals surface area contributed by atoms with Gasteiger partial charge in [-0.25, -0.2) is 4.79 Å². The van der Waals surface area contributed by atoms with Crippen molar-refractivity contribution in [3.05, 3.63) is 29.3 Å². The molecule has 4 rings (SSSR count). The van der Waals surface area contributed by atoms with Crippen LogP contribution in [0.15, 0.2) is 18.2 Å². The number of primary amides is 1. The molecule has 0 atom stereocenters. The molecule has 4 amide bonds. The van der Waals surface area contributed by atoms with Crippen LogP contribution in [0.25, 0.3) is 0 Å². The van der Waals surface area contributed by atoms with E-state index < -0.39 is 17.5 Å². The lowest BCUT2D eigenvalue weighted by molar-refractivity contribution is -0.137. The van der Waals surface area contributed by atoms with Gasteiger partial charge < -0.3 is 15.5 Å². The molecule has 1 aromatic rings. The molecule has 1 aromatic carbocycles. The number of likely N-dealkylation sites (tertiary alicyclic amines) is 1. The molecule has 8 nitrogen and oxygen atoms in total. The Hall–Kier alpha value is -2.61. The number of amides is 4. The first-order valence-corrected chi connectivity index (χ1v) is 10.8. The second-order valence-corrected chi connectivity index (χ2v) is 8.68. The Bertz CT molecular complexity index is 862. The van der Waals surface area contributed by atoms with Gasteiger partial charge in [0.25, 0.3) is 5.91 Å². The predicted octanol–water partition coefficient (Wildman–Crippen LogP) is 1.17. The molecule has 0 aromatic heterocycles. The zero-order valence-corrected chi connectivity index (χ0v) is 17.9. The van der Waals surface area contributed by atoms with E-state index in [2.05, 4.69) is 35.0 Å². The van der Waals surface area contributed by atoms with Gasteiger partial charge in [-0.15, -0.1) is 0 Å². The first-order chi connectivity index (χ1) is 14.4. The second kappa shape index (κ2) is 7.91. The fourth-order valence-corrected chi connectivity index (χ4v) is 5.28. The number of piperidine rings is 1. The zero-order chi connectivity index (χ0) is 21.5. The monoisotopic (exact) mass is 413 g/mol. The van der Waals surface area contributed by atoms with E-state index >= 15 is 0 Å². The molecule has 0 aliphatic carbocycles.